The van der Waals surface area contributed by atoms with Gasteiger partial charge in [-0.05, 0) is 116 Å². The highest BCUT2D eigenvalue weighted by atomic mass is 32.2. The first-order chi connectivity index (χ1) is 24.9. The number of nitrogens with two attached hydrogens (primary N) is 1. The highest BCUT2D eigenvalue weighted by Crippen LogP contribution is 2.69. The number of hydrogen-bond donors (Lipinski definition) is 2. The number of ether oxygens (including phenoxy) is 1. The number of thioether (sulfide) groups is 1. The highest BCUT2D eigenvalue weighted by molar-refractivity contribution is 8.13. The predicted molar refractivity (Wildman–Crippen MR) is 187 cm³/mol. The molecule has 1 aliphatic heterocycles. The van der Waals surface area contributed by atoms with Crippen LogP contribution < -0.4 is 5.73 Å². The van der Waals surface area contributed by atoms with E-state index >= 15 is 0 Å². The van der Waals surface area contributed by atoms with Crippen LogP contribution in [-0.4, -0.2) is 78.0 Å². The number of rotatable bonds is 7. The van der Waals surface area contributed by atoms with E-state index < -0.39 is 51.6 Å². The number of aliphatic hydroxyl groups excluding tert-OH is 1. The topological polar surface area (TPSA) is 171 Å². The molecule has 12 nitrogen and oxygen atoms in total. The van der Waals surface area contributed by atoms with Gasteiger partial charge in [0.2, 0.25) is 11.0 Å². The fourth-order valence-corrected chi connectivity index (χ4v) is 11.6. The second-order valence-corrected chi connectivity index (χ2v) is 16.4. The molecule has 8 rings (SSSR count). The summed E-state index contributed by atoms with van der Waals surface area (Å²) in [5, 5.41) is 16.4. The summed E-state index contributed by atoms with van der Waals surface area (Å²) in [4.78, 5) is 57.9. The first-order valence-electron chi connectivity index (χ1n) is 17.9. The van der Waals surface area contributed by atoms with Crippen molar-refractivity contribution < 1.29 is 37.8 Å². The number of esters is 1. The van der Waals surface area contributed by atoms with Crippen LogP contribution in [0.15, 0.2) is 53.1 Å². The van der Waals surface area contributed by atoms with Gasteiger partial charge in [-0.3, -0.25) is 14.4 Å². The molecule has 0 spiro atoms. The minimum atomic E-state index is -1.63. The van der Waals surface area contributed by atoms with Gasteiger partial charge in [-0.2, -0.15) is 5.10 Å². The van der Waals surface area contributed by atoms with Crippen LogP contribution in [0, 0.1) is 28.6 Å². The Hall–Kier alpha value is -4.30. The number of likely N-dealkylation sites (tertiary alicyclic amines) is 1. The summed E-state index contributed by atoms with van der Waals surface area (Å²) in [6.07, 6.45) is 9.99. The number of fused-ring (bicyclic) bond motifs is 6. The maximum absolute atomic E-state index is 13.8. The molecule has 3 saturated carbocycles. The summed E-state index contributed by atoms with van der Waals surface area (Å²) in [5.74, 6) is -1.70. The molecule has 1 saturated heterocycles. The molecular weight excluding hydrogens is 690 g/mol. The van der Waals surface area contributed by atoms with Gasteiger partial charge in [0.25, 0.3) is 5.91 Å². The van der Waals surface area contributed by atoms with E-state index in [0.29, 0.717) is 43.1 Å². The monoisotopic (exact) mass is 731 g/mol. The average Bonchev–Trinajstić information content (AvgIpc) is 3.93. The van der Waals surface area contributed by atoms with Gasteiger partial charge in [0.1, 0.15) is 18.3 Å². The average molecular weight is 732 g/mol. The second-order valence-electron chi connectivity index (χ2n) is 15.5. The number of aromatic nitrogens is 3. The quantitative estimate of drug-likeness (QED) is 0.319. The van der Waals surface area contributed by atoms with Crippen LogP contribution in [-0.2, 0) is 20.7 Å². The second kappa shape index (κ2) is 12.7. The van der Waals surface area contributed by atoms with Crippen molar-refractivity contribution in [2.45, 2.75) is 83.0 Å². The van der Waals surface area contributed by atoms with Crippen LogP contribution in [0.5, 0.6) is 0 Å². The SMILES string of the molecule is C[C@]12Cc3cnn(-c4cccc(C(=O)N5CCC[C@@H]5C(N)=O)c4)c3C=C1CC[C@@H]1[C@@H]2[C@@H](O)C[C@@]2(C)[C@H]1CC[C@]2(OC(=O)c1cocn1)C(=O)SCF. The minimum absolute atomic E-state index is 0.0285. The lowest BCUT2D eigenvalue weighted by Gasteiger charge is -2.60. The van der Waals surface area contributed by atoms with Crippen molar-refractivity contribution in [3.05, 3.63) is 71.2 Å². The third-order valence-corrected chi connectivity index (χ3v) is 13.8. The molecule has 14 heteroatoms. The number of hydrogen-bond acceptors (Lipinski definition) is 10. The summed E-state index contributed by atoms with van der Waals surface area (Å²) in [7, 11) is 0. The number of primary amides is 1. The maximum Gasteiger partial charge on any atom is 0.361 e. The van der Waals surface area contributed by atoms with Gasteiger partial charge in [-0.15, -0.1) is 0 Å². The lowest BCUT2D eigenvalue weighted by molar-refractivity contribution is -0.174. The molecule has 52 heavy (non-hydrogen) atoms. The van der Waals surface area contributed by atoms with Crippen molar-refractivity contribution in [2.24, 2.45) is 34.3 Å². The number of carbonyl (C=O) groups is 4. The van der Waals surface area contributed by atoms with Gasteiger partial charge in [0.15, 0.2) is 17.7 Å². The van der Waals surface area contributed by atoms with E-state index in [9.17, 15) is 28.7 Å². The van der Waals surface area contributed by atoms with E-state index in [1.54, 1.807) is 17.0 Å². The first kappa shape index (κ1) is 34.8. The van der Waals surface area contributed by atoms with Gasteiger partial charge >= 0.3 is 5.97 Å². The molecule has 2 amide bonds. The molecule has 4 fully saturated rings. The summed E-state index contributed by atoms with van der Waals surface area (Å²) >= 11 is 0.505. The third kappa shape index (κ3) is 5.11. The van der Waals surface area contributed by atoms with Crippen molar-refractivity contribution in [1.29, 1.82) is 0 Å². The predicted octanol–water partition coefficient (Wildman–Crippen LogP) is 4.89. The Labute approximate surface area is 304 Å². The van der Waals surface area contributed by atoms with Crippen LogP contribution in [0.1, 0.15) is 90.9 Å². The molecule has 3 N–H and O–H groups in total. The Morgan fingerprint density at radius 3 is 2.77 bits per heavy atom. The van der Waals surface area contributed by atoms with Crippen molar-refractivity contribution in [3.63, 3.8) is 0 Å². The van der Waals surface area contributed by atoms with E-state index in [0.717, 1.165) is 48.9 Å². The van der Waals surface area contributed by atoms with Gasteiger partial charge in [0.05, 0.1) is 23.7 Å². The van der Waals surface area contributed by atoms with Crippen LogP contribution in [0.25, 0.3) is 11.8 Å². The number of amides is 2. The number of aliphatic hydroxyl groups is 1. The van der Waals surface area contributed by atoms with Crippen molar-refractivity contribution >= 4 is 40.7 Å². The summed E-state index contributed by atoms with van der Waals surface area (Å²) < 4.78 is 26.6. The van der Waals surface area contributed by atoms with E-state index in [1.807, 2.05) is 29.9 Å². The molecule has 0 unspecified atom stereocenters. The zero-order chi connectivity index (χ0) is 36.6. The Morgan fingerprint density at radius 2 is 2.02 bits per heavy atom. The molecule has 4 aliphatic carbocycles. The normalized spacial score (nSPS) is 33.3. The molecule has 3 aromatic rings. The van der Waals surface area contributed by atoms with E-state index in [1.165, 1.54) is 5.57 Å². The Kier molecular flexibility index (Phi) is 8.48. The number of nitrogens with zero attached hydrogens (tertiary/aromatic N) is 4. The summed E-state index contributed by atoms with van der Waals surface area (Å²) in [5.41, 5.74) is 6.90. The van der Waals surface area contributed by atoms with Gasteiger partial charge in [-0.25, -0.2) is 18.9 Å². The number of oxazole rings is 1. The number of allylic oxidation sites excluding steroid dienone is 1. The van der Waals surface area contributed by atoms with Crippen molar-refractivity contribution in [2.75, 3.05) is 12.6 Å². The smallest absolute Gasteiger partial charge is 0.361 e. The van der Waals surface area contributed by atoms with Crippen LogP contribution in [0.3, 0.4) is 0 Å². The molecule has 274 valence electrons. The van der Waals surface area contributed by atoms with Crippen molar-refractivity contribution in [3.8, 4) is 5.69 Å². The van der Waals surface area contributed by atoms with E-state index in [2.05, 4.69) is 18.0 Å². The van der Waals surface area contributed by atoms with E-state index in [4.69, 9.17) is 20.0 Å². The molecule has 0 radical (unpaired) electrons. The molecular formula is C38H42FN5O7S. The number of halogens is 1. The van der Waals surface area contributed by atoms with Crippen LogP contribution >= 0.6 is 11.8 Å². The zero-order valence-corrected chi connectivity index (χ0v) is 29.9. The van der Waals surface area contributed by atoms with Gasteiger partial charge < -0.3 is 24.9 Å². The van der Waals surface area contributed by atoms with Crippen LogP contribution in [0.2, 0.25) is 0 Å². The maximum atomic E-state index is 13.8. The van der Waals surface area contributed by atoms with Crippen LogP contribution in [0.4, 0.5) is 4.39 Å². The fourth-order valence-electron chi connectivity index (χ4n) is 10.9. The lowest BCUT2D eigenvalue weighted by atomic mass is 9.45. The standard InChI is InChI=1S/C38H42FN5O7S/c1-36-15-22-17-42-44(24-6-3-5-21(13-24)33(47)43-12-4-7-28(43)32(40)46)29(22)14-23(36)8-9-25-26-10-11-38(35(49)52-19-39,37(26,2)16-30(45)31(25)36)51-34(48)27-18-50-20-41-27/h3,5-6,13-14,17-18,20,25-26,28,30-31,45H,4,7-12,15-16,19H2,1-2H3,(H2,40,46)/t25-,26-,28+,30-,31+,36-,37-,38-/m0/s1. The zero-order valence-electron chi connectivity index (χ0n) is 29.1. The largest absolute Gasteiger partial charge is 0.451 e. The first-order valence-corrected chi connectivity index (χ1v) is 18.9. The lowest BCUT2D eigenvalue weighted by Crippen LogP contribution is -2.62. The third-order valence-electron chi connectivity index (χ3n) is 13.1. The van der Waals surface area contributed by atoms with Gasteiger partial charge in [-0.1, -0.05) is 25.5 Å². The fraction of sp³-hybridized carbons (Fsp3) is 0.526. The number of alkyl halides is 1. The Morgan fingerprint density at radius 1 is 1.19 bits per heavy atom. The number of carbonyl (C=O) groups excluding carboxylic acids is 4. The summed E-state index contributed by atoms with van der Waals surface area (Å²) in [6.45, 7) is 4.61. The molecule has 8 atom stereocenters. The Bertz CT molecular complexity index is 1980. The summed E-state index contributed by atoms with van der Waals surface area (Å²) in [6, 6.07) is 5.69. The number of benzene rings is 1. The molecule has 0 bridgehead atoms. The van der Waals surface area contributed by atoms with Crippen molar-refractivity contribution in [1.82, 2.24) is 19.7 Å². The van der Waals surface area contributed by atoms with E-state index in [-0.39, 0.29) is 42.2 Å². The molecule has 1 aromatic carbocycles. The van der Waals surface area contributed by atoms with Gasteiger partial charge in [0, 0.05) is 17.5 Å². The highest BCUT2D eigenvalue weighted by Gasteiger charge is 2.71. The minimum Gasteiger partial charge on any atom is -0.451 e. The molecule has 5 aliphatic rings. The molecule has 2 aromatic heterocycles. The Balaban J connectivity index is 1.08. The molecule has 3 heterocycles.